The first kappa shape index (κ1) is 16.6. The minimum absolute atomic E-state index is 0.114. The van der Waals surface area contributed by atoms with E-state index in [2.05, 4.69) is 4.90 Å². The van der Waals surface area contributed by atoms with Crippen LogP contribution >= 0.6 is 0 Å². The summed E-state index contributed by atoms with van der Waals surface area (Å²) in [5.74, 6) is 1.60. The number of amides is 1. The lowest BCUT2D eigenvalue weighted by atomic mass is 10.2. The average molecular weight is 308 g/mol. The van der Waals surface area contributed by atoms with Crippen LogP contribution in [-0.4, -0.2) is 73.4 Å². The maximum absolute atomic E-state index is 11.3. The molecule has 1 heterocycles. The molecule has 1 unspecified atom stereocenters. The molecule has 122 valence electrons. The third kappa shape index (κ3) is 4.89. The van der Waals surface area contributed by atoms with Crippen LogP contribution < -0.4 is 9.47 Å². The molecule has 1 fully saturated rings. The van der Waals surface area contributed by atoms with Gasteiger partial charge < -0.3 is 19.5 Å². The lowest BCUT2D eigenvalue weighted by molar-refractivity contribution is -0.130. The fraction of sp³-hybridized carbons (Fsp3) is 0.562. The van der Waals surface area contributed by atoms with Gasteiger partial charge in [-0.3, -0.25) is 9.69 Å². The van der Waals surface area contributed by atoms with Gasteiger partial charge in [0, 0.05) is 39.6 Å². The Morgan fingerprint density at radius 2 is 1.77 bits per heavy atom. The number of aliphatic hydroxyl groups is 1. The van der Waals surface area contributed by atoms with E-state index in [0.29, 0.717) is 12.3 Å². The third-order valence-corrected chi connectivity index (χ3v) is 3.79. The zero-order valence-electron chi connectivity index (χ0n) is 13.2. The van der Waals surface area contributed by atoms with Gasteiger partial charge in [-0.05, 0) is 24.3 Å². The Kier molecular flexibility index (Phi) is 6.03. The molecule has 1 aromatic carbocycles. The zero-order valence-corrected chi connectivity index (χ0v) is 13.2. The normalized spacial score (nSPS) is 17.1. The van der Waals surface area contributed by atoms with Crippen molar-refractivity contribution in [2.75, 3.05) is 46.4 Å². The lowest BCUT2D eigenvalue weighted by Crippen LogP contribution is -2.50. The number of hydrogen-bond acceptors (Lipinski definition) is 5. The van der Waals surface area contributed by atoms with Crippen LogP contribution in [-0.2, 0) is 4.79 Å². The molecular formula is C16H24N2O4. The minimum Gasteiger partial charge on any atom is -0.497 e. The Balaban J connectivity index is 1.69. The fourth-order valence-corrected chi connectivity index (χ4v) is 2.46. The molecule has 1 amide bonds. The number of methoxy groups -OCH3 is 1. The van der Waals surface area contributed by atoms with Crippen molar-refractivity contribution in [3.8, 4) is 11.5 Å². The molecule has 6 heteroatoms. The van der Waals surface area contributed by atoms with Gasteiger partial charge in [-0.25, -0.2) is 0 Å². The number of carbonyl (C=O) groups is 1. The number of benzene rings is 1. The van der Waals surface area contributed by atoms with Crippen LogP contribution in [0, 0.1) is 0 Å². The zero-order chi connectivity index (χ0) is 15.9. The number of ether oxygens (including phenoxy) is 2. The molecule has 0 aromatic heterocycles. The van der Waals surface area contributed by atoms with Gasteiger partial charge in [-0.2, -0.15) is 0 Å². The standard InChI is InChI=1S/C16H24N2O4/c1-13(19)18-9-7-17(8-10-18)11-14(20)12-22-16-5-3-15(21-2)4-6-16/h3-6,14,20H,7-12H2,1-2H3. The molecule has 6 nitrogen and oxygen atoms in total. The highest BCUT2D eigenvalue weighted by Crippen LogP contribution is 2.17. The molecule has 0 spiro atoms. The third-order valence-electron chi connectivity index (χ3n) is 3.79. The van der Waals surface area contributed by atoms with Crippen molar-refractivity contribution in [3.05, 3.63) is 24.3 Å². The number of rotatable bonds is 6. The molecule has 1 saturated heterocycles. The summed E-state index contributed by atoms with van der Waals surface area (Å²) in [6, 6.07) is 7.28. The monoisotopic (exact) mass is 308 g/mol. The molecule has 1 aliphatic heterocycles. The van der Waals surface area contributed by atoms with Crippen molar-refractivity contribution >= 4 is 5.91 Å². The number of hydrogen-bond donors (Lipinski definition) is 1. The number of piperazine rings is 1. The summed E-state index contributed by atoms with van der Waals surface area (Å²) in [4.78, 5) is 15.2. The van der Waals surface area contributed by atoms with Gasteiger partial charge in [-0.15, -0.1) is 0 Å². The first-order valence-corrected chi connectivity index (χ1v) is 7.51. The second kappa shape index (κ2) is 8.00. The largest absolute Gasteiger partial charge is 0.497 e. The summed E-state index contributed by atoms with van der Waals surface area (Å²) in [6.45, 7) is 5.43. The SMILES string of the molecule is COc1ccc(OCC(O)CN2CCN(C(C)=O)CC2)cc1. The second-order valence-electron chi connectivity index (χ2n) is 5.45. The summed E-state index contributed by atoms with van der Waals surface area (Å²) in [7, 11) is 1.62. The topological polar surface area (TPSA) is 62.2 Å². The molecule has 0 aliphatic carbocycles. The van der Waals surface area contributed by atoms with Gasteiger partial charge in [0.2, 0.25) is 5.91 Å². The van der Waals surface area contributed by atoms with E-state index in [1.54, 1.807) is 14.0 Å². The number of nitrogens with zero attached hydrogens (tertiary/aromatic N) is 2. The van der Waals surface area contributed by atoms with Crippen molar-refractivity contribution in [3.63, 3.8) is 0 Å². The average Bonchev–Trinajstić information content (AvgIpc) is 2.54. The maximum Gasteiger partial charge on any atom is 0.219 e. The highest BCUT2D eigenvalue weighted by molar-refractivity contribution is 5.73. The van der Waals surface area contributed by atoms with Gasteiger partial charge in [0.15, 0.2) is 0 Å². The summed E-state index contributed by atoms with van der Waals surface area (Å²) in [5.41, 5.74) is 0. The lowest BCUT2D eigenvalue weighted by Gasteiger charge is -2.35. The van der Waals surface area contributed by atoms with E-state index in [-0.39, 0.29) is 12.5 Å². The Bertz CT molecular complexity index is 470. The first-order chi connectivity index (χ1) is 10.6. The van der Waals surface area contributed by atoms with Crippen molar-refractivity contribution in [2.24, 2.45) is 0 Å². The number of carbonyl (C=O) groups excluding carboxylic acids is 1. The molecule has 22 heavy (non-hydrogen) atoms. The molecule has 0 saturated carbocycles. The van der Waals surface area contributed by atoms with Crippen molar-refractivity contribution in [1.29, 1.82) is 0 Å². The smallest absolute Gasteiger partial charge is 0.219 e. The van der Waals surface area contributed by atoms with Crippen molar-refractivity contribution in [1.82, 2.24) is 9.80 Å². The van der Waals surface area contributed by atoms with Crippen molar-refractivity contribution < 1.29 is 19.4 Å². The maximum atomic E-state index is 11.3. The van der Waals surface area contributed by atoms with E-state index in [9.17, 15) is 9.90 Å². The van der Waals surface area contributed by atoms with Gasteiger partial charge in [-0.1, -0.05) is 0 Å². The van der Waals surface area contributed by atoms with Crippen LogP contribution in [0.25, 0.3) is 0 Å². The van der Waals surface area contributed by atoms with Crippen LogP contribution in [0.5, 0.6) is 11.5 Å². The van der Waals surface area contributed by atoms with Gasteiger partial charge >= 0.3 is 0 Å². The Labute approximate surface area is 131 Å². The van der Waals surface area contributed by atoms with Gasteiger partial charge in [0.1, 0.15) is 24.2 Å². The summed E-state index contributed by atoms with van der Waals surface area (Å²) in [6.07, 6.45) is -0.550. The van der Waals surface area contributed by atoms with Crippen LogP contribution in [0.1, 0.15) is 6.92 Å². The fourth-order valence-electron chi connectivity index (χ4n) is 2.46. The van der Waals surface area contributed by atoms with E-state index in [4.69, 9.17) is 9.47 Å². The Hall–Kier alpha value is -1.79. The van der Waals surface area contributed by atoms with Crippen LogP contribution in [0.3, 0.4) is 0 Å². The Morgan fingerprint density at radius 3 is 2.32 bits per heavy atom. The summed E-state index contributed by atoms with van der Waals surface area (Å²) in [5, 5.41) is 10.1. The second-order valence-corrected chi connectivity index (χ2v) is 5.45. The minimum atomic E-state index is -0.550. The molecule has 1 N–H and O–H groups in total. The molecule has 0 bridgehead atoms. The molecular weight excluding hydrogens is 284 g/mol. The number of aliphatic hydroxyl groups excluding tert-OH is 1. The van der Waals surface area contributed by atoms with E-state index >= 15 is 0 Å². The summed E-state index contributed by atoms with van der Waals surface area (Å²) < 4.78 is 10.7. The first-order valence-electron chi connectivity index (χ1n) is 7.51. The molecule has 2 rings (SSSR count). The summed E-state index contributed by atoms with van der Waals surface area (Å²) >= 11 is 0. The van der Waals surface area contributed by atoms with E-state index in [1.807, 2.05) is 29.2 Å². The Morgan fingerprint density at radius 1 is 1.18 bits per heavy atom. The van der Waals surface area contributed by atoms with Gasteiger partial charge in [0.05, 0.1) is 7.11 Å². The predicted octanol–water partition coefficient (Wildman–Crippen LogP) is 0.599. The molecule has 1 aromatic rings. The quantitative estimate of drug-likeness (QED) is 0.834. The highest BCUT2D eigenvalue weighted by atomic mass is 16.5. The molecule has 1 aliphatic rings. The molecule has 0 radical (unpaired) electrons. The predicted molar refractivity (Wildman–Crippen MR) is 83.2 cm³/mol. The number of β-amino-alcohol motifs (C(OH)–C–C–N with tert-alkyl or cyclic N) is 1. The van der Waals surface area contributed by atoms with E-state index in [1.165, 1.54) is 0 Å². The van der Waals surface area contributed by atoms with Crippen molar-refractivity contribution in [2.45, 2.75) is 13.0 Å². The van der Waals surface area contributed by atoms with Gasteiger partial charge in [0.25, 0.3) is 0 Å². The highest BCUT2D eigenvalue weighted by Gasteiger charge is 2.20. The molecule has 1 atom stereocenters. The van der Waals surface area contributed by atoms with Crippen LogP contribution in [0.15, 0.2) is 24.3 Å². The van der Waals surface area contributed by atoms with E-state index < -0.39 is 6.10 Å². The van der Waals surface area contributed by atoms with Crippen LogP contribution in [0.2, 0.25) is 0 Å². The van der Waals surface area contributed by atoms with Crippen LogP contribution in [0.4, 0.5) is 0 Å². The van der Waals surface area contributed by atoms with E-state index in [0.717, 1.165) is 31.9 Å².